The van der Waals surface area contributed by atoms with Crippen LogP contribution in [0, 0.1) is 0 Å². The van der Waals surface area contributed by atoms with E-state index in [9.17, 15) is 0 Å². The monoisotopic (exact) mass is 374 g/mol. The highest BCUT2D eigenvalue weighted by molar-refractivity contribution is 9.10. The Kier molecular flexibility index (Phi) is 4.42. The van der Waals surface area contributed by atoms with Crippen LogP contribution in [0.4, 0.5) is 5.69 Å². The minimum absolute atomic E-state index is 0.706. The number of nitrogens with zero attached hydrogens (tertiary/aromatic N) is 1. The van der Waals surface area contributed by atoms with E-state index in [1.54, 1.807) is 6.20 Å². The van der Waals surface area contributed by atoms with E-state index >= 15 is 0 Å². The molecule has 0 bridgehead atoms. The zero-order valence-electron chi connectivity index (χ0n) is 8.75. The molecule has 1 N–H and O–H groups in total. The molecule has 0 unspecified atom stereocenters. The second-order valence-corrected chi connectivity index (χ2v) is 5.46. The van der Waals surface area contributed by atoms with Crippen molar-refractivity contribution in [2.24, 2.45) is 0 Å². The van der Waals surface area contributed by atoms with Gasteiger partial charge in [0.2, 0.25) is 0 Å². The van der Waals surface area contributed by atoms with Crippen molar-refractivity contribution in [2.75, 3.05) is 5.32 Å². The van der Waals surface area contributed by atoms with Crippen LogP contribution in [0.2, 0.25) is 5.02 Å². The summed E-state index contributed by atoms with van der Waals surface area (Å²) < 4.78 is 1.72. The lowest BCUT2D eigenvalue weighted by Gasteiger charge is -2.08. The van der Waals surface area contributed by atoms with Crippen LogP contribution in [0.1, 0.15) is 5.56 Å². The molecule has 0 amide bonds. The summed E-state index contributed by atoms with van der Waals surface area (Å²) in [6.07, 6.45) is 1.74. The van der Waals surface area contributed by atoms with Crippen LogP contribution < -0.4 is 5.32 Å². The van der Waals surface area contributed by atoms with E-state index in [4.69, 9.17) is 11.6 Å². The molecule has 0 aliphatic heterocycles. The SMILES string of the molecule is Clc1cc(CNc2cccnc2Br)ccc1Br. The van der Waals surface area contributed by atoms with Gasteiger partial charge >= 0.3 is 0 Å². The van der Waals surface area contributed by atoms with Crippen LogP contribution in [0.25, 0.3) is 0 Å². The van der Waals surface area contributed by atoms with Crippen molar-refractivity contribution in [3.63, 3.8) is 0 Å². The molecule has 1 heterocycles. The molecule has 1 aromatic carbocycles. The smallest absolute Gasteiger partial charge is 0.129 e. The number of hydrogen-bond donors (Lipinski definition) is 1. The maximum atomic E-state index is 6.03. The molecule has 88 valence electrons. The van der Waals surface area contributed by atoms with Crippen molar-refractivity contribution in [3.8, 4) is 0 Å². The molecule has 17 heavy (non-hydrogen) atoms. The van der Waals surface area contributed by atoms with Crippen molar-refractivity contribution in [1.29, 1.82) is 0 Å². The first-order chi connectivity index (χ1) is 8.16. The lowest BCUT2D eigenvalue weighted by molar-refractivity contribution is 1.13. The summed E-state index contributed by atoms with van der Waals surface area (Å²) >= 11 is 12.8. The lowest BCUT2D eigenvalue weighted by atomic mass is 10.2. The molecule has 0 atom stereocenters. The van der Waals surface area contributed by atoms with E-state index in [-0.39, 0.29) is 0 Å². The number of anilines is 1. The van der Waals surface area contributed by atoms with Gasteiger partial charge in [0, 0.05) is 17.2 Å². The lowest BCUT2D eigenvalue weighted by Crippen LogP contribution is -2.00. The molecular weight excluding hydrogens is 367 g/mol. The Morgan fingerprint density at radius 2 is 2.06 bits per heavy atom. The van der Waals surface area contributed by atoms with E-state index in [0.29, 0.717) is 6.54 Å². The minimum atomic E-state index is 0.706. The van der Waals surface area contributed by atoms with Gasteiger partial charge in [-0.2, -0.15) is 0 Å². The highest BCUT2D eigenvalue weighted by Crippen LogP contribution is 2.24. The second kappa shape index (κ2) is 5.85. The molecule has 2 nitrogen and oxygen atoms in total. The molecule has 0 aliphatic rings. The third-order valence-electron chi connectivity index (χ3n) is 2.23. The summed E-state index contributed by atoms with van der Waals surface area (Å²) in [6.45, 7) is 0.706. The molecule has 5 heteroatoms. The van der Waals surface area contributed by atoms with Crippen molar-refractivity contribution < 1.29 is 0 Å². The largest absolute Gasteiger partial charge is 0.379 e. The number of benzene rings is 1. The minimum Gasteiger partial charge on any atom is -0.379 e. The van der Waals surface area contributed by atoms with Gasteiger partial charge in [-0.3, -0.25) is 0 Å². The number of rotatable bonds is 3. The van der Waals surface area contributed by atoms with Gasteiger partial charge < -0.3 is 5.32 Å². The van der Waals surface area contributed by atoms with Crippen LogP contribution >= 0.6 is 43.5 Å². The molecule has 0 saturated heterocycles. The van der Waals surface area contributed by atoms with Crippen LogP contribution in [0.5, 0.6) is 0 Å². The first-order valence-corrected chi connectivity index (χ1v) is 6.91. The highest BCUT2D eigenvalue weighted by atomic mass is 79.9. The molecule has 0 radical (unpaired) electrons. The fourth-order valence-corrected chi connectivity index (χ4v) is 2.21. The first kappa shape index (κ1) is 12.9. The van der Waals surface area contributed by atoms with Crippen molar-refractivity contribution in [3.05, 3.63) is 56.2 Å². The van der Waals surface area contributed by atoms with Gasteiger partial charge in [-0.15, -0.1) is 0 Å². The topological polar surface area (TPSA) is 24.9 Å². The van der Waals surface area contributed by atoms with E-state index < -0.39 is 0 Å². The predicted molar refractivity (Wildman–Crippen MR) is 78.4 cm³/mol. The molecule has 0 fully saturated rings. The Bertz CT molecular complexity index is 532. The summed E-state index contributed by atoms with van der Waals surface area (Å²) in [5, 5.41) is 4.01. The zero-order valence-corrected chi connectivity index (χ0v) is 12.7. The Morgan fingerprint density at radius 1 is 1.24 bits per heavy atom. The number of nitrogens with one attached hydrogen (secondary N) is 1. The molecule has 0 aliphatic carbocycles. The van der Waals surface area contributed by atoms with E-state index in [1.165, 1.54) is 0 Å². The maximum Gasteiger partial charge on any atom is 0.129 e. The van der Waals surface area contributed by atoms with Gasteiger partial charge in [-0.25, -0.2) is 4.98 Å². The number of halogens is 3. The average Bonchev–Trinajstić information content (AvgIpc) is 2.32. The number of aromatic nitrogens is 1. The van der Waals surface area contributed by atoms with E-state index in [0.717, 1.165) is 25.3 Å². The van der Waals surface area contributed by atoms with Crippen LogP contribution in [-0.2, 0) is 6.54 Å². The summed E-state index contributed by atoms with van der Waals surface area (Å²) in [5.41, 5.74) is 2.08. The van der Waals surface area contributed by atoms with Crippen molar-refractivity contribution in [2.45, 2.75) is 6.54 Å². The van der Waals surface area contributed by atoms with E-state index in [1.807, 2.05) is 30.3 Å². The number of pyridine rings is 1. The molecule has 0 spiro atoms. The van der Waals surface area contributed by atoms with Crippen LogP contribution in [-0.4, -0.2) is 4.98 Å². The van der Waals surface area contributed by atoms with Gasteiger partial charge in [-0.1, -0.05) is 17.7 Å². The normalized spacial score (nSPS) is 10.3. The van der Waals surface area contributed by atoms with Crippen LogP contribution in [0.15, 0.2) is 45.6 Å². The third-order valence-corrected chi connectivity index (χ3v) is 4.09. The fraction of sp³-hybridized carbons (Fsp3) is 0.0833. The van der Waals surface area contributed by atoms with Crippen molar-refractivity contribution >= 4 is 49.1 Å². The third kappa shape index (κ3) is 3.44. The number of hydrogen-bond acceptors (Lipinski definition) is 2. The summed E-state index contributed by atoms with van der Waals surface area (Å²) in [4.78, 5) is 4.14. The zero-order chi connectivity index (χ0) is 12.3. The van der Waals surface area contributed by atoms with Crippen molar-refractivity contribution in [1.82, 2.24) is 4.98 Å². The first-order valence-electron chi connectivity index (χ1n) is 4.95. The Morgan fingerprint density at radius 3 is 2.76 bits per heavy atom. The Balaban J connectivity index is 2.08. The molecule has 0 saturated carbocycles. The maximum absolute atomic E-state index is 6.03. The summed E-state index contributed by atoms with van der Waals surface area (Å²) in [7, 11) is 0. The summed E-state index contributed by atoms with van der Waals surface area (Å²) in [6, 6.07) is 9.76. The highest BCUT2D eigenvalue weighted by Gasteiger charge is 2.01. The van der Waals surface area contributed by atoms with E-state index in [2.05, 4.69) is 42.2 Å². The fourth-order valence-electron chi connectivity index (χ4n) is 1.36. The van der Waals surface area contributed by atoms with Gasteiger partial charge in [0.1, 0.15) is 4.60 Å². The molecule has 2 rings (SSSR count). The standard InChI is InChI=1S/C12H9Br2ClN2/c13-9-4-3-8(6-10(9)15)7-17-11-2-1-5-16-12(11)14/h1-6,17H,7H2. The average molecular weight is 376 g/mol. The predicted octanol–water partition coefficient (Wildman–Crippen LogP) is 4.87. The quantitative estimate of drug-likeness (QED) is 0.773. The second-order valence-electron chi connectivity index (χ2n) is 3.44. The van der Waals surface area contributed by atoms with Gasteiger partial charge in [0.15, 0.2) is 0 Å². The summed E-state index contributed by atoms with van der Waals surface area (Å²) in [5.74, 6) is 0. The Labute approximate surface area is 122 Å². The van der Waals surface area contributed by atoms with Crippen LogP contribution in [0.3, 0.4) is 0 Å². The van der Waals surface area contributed by atoms with Gasteiger partial charge in [-0.05, 0) is 61.7 Å². The molecule has 1 aromatic heterocycles. The van der Waals surface area contributed by atoms with Gasteiger partial charge in [0.05, 0.1) is 10.7 Å². The molecular formula is C12H9Br2ClN2. The molecule has 2 aromatic rings. The Hall–Kier alpha value is -0.580. The van der Waals surface area contributed by atoms with Gasteiger partial charge in [0.25, 0.3) is 0 Å².